The highest BCUT2D eigenvalue weighted by Crippen LogP contribution is 2.14. The van der Waals surface area contributed by atoms with Crippen LogP contribution in [0.2, 0.25) is 0 Å². The summed E-state index contributed by atoms with van der Waals surface area (Å²) in [4.78, 5) is 11.1. The van der Waals surface area contributed by atoms with E-state index in [-0.39, 0.29) is 0 Å². The molecule has 23 heavy (non-hydrogen) atoms. The summed E-state index contributed by atoms with van der Waals surface area (Å²) in [6.07, 6.45) is 4.03. The molecule has 0 amide bonds. The average molecular weight is 319 g/mol. The van der Waals surface area contributed by atoms with E-state index in [0.29, 0.717) is 24.5 Å². The number of ether oxygens (including phenoxy) is 1. The second-order valence-electron chi connectivity index (χ2n) is 6.15. The zero-order valence-corrected chi connectivity index (χ0v) is 14.7. The van der Waals surface area contributed by atoms with Crippen LogP contribution in [-0.2, 0) is 6.54 Å². The van der Waals surface area contributed by atoms with Crippen molar-refractivity contribution in [2.24, 2.45) is 4.99 Å². The average Bonchev–Trinajstić information content (AvgIpc) is 2.59. The van der Waals surface area contributed by atoms with Crippen LogP contribution in [0.3, 0.4) is 0 Å². The molecule has 128 valence electrons. The molecule has 0 unspecified atom stereocenters. The van der Waals surface area contributed by atoms with E-state index in [1.165, 1.54) is 0 Å². The molecule has 2 heterocycles. The van der Waals surface area contributed by atoms with Gasteiger partial charge in [-0.25, -0.2) is 4.98 Å². The maximum absolute atomic E-state index is 5.28. The van der Waals surface area contributed by atoms with E-state index < -0.39 is 0 Å². The van der Waals surface area contributed by atoms with Gasteiger partial charge in [0.1, 0.15) is 0 Å². The molecule has 6 heteroatoms. The van der Waals surface area contributed by atoms with Gasteiger partial charge in [0, 0.05) is 50.5 Å². The smallest absolute Gasteiger partial charge is 0.218 e. The summed E-state index contributed by atoms with van der Waals surface area (Å²) in [6.45, 7) is 7.44. The van der Waals surface area contributed by atoms with Crippen molar-refractivity contribution < 1.29 is 4.74 Å². The van der Waals surface area contributed by atoms with Crippen LogP contribution in [0.15, 0.2) is 23.3 Å². The van der Waals surface area contributed by atoms with Gasteiger partial charge in [-0.05, 0) is 32.8 Å². The number of guanidine groups is 1. The van der Waals surface area contributed by atoms with E-state index in [0.717, 1.165) is 37.5 Å². The fraction of sp³-hybridized carbons (Fsp3) is 0.647. The molecular weight excluding hydrogens is 290 g/mol. The Morgan fingerprint density at radius 3 is 2.78 bits per heavy atom. The van der Waals surface area contributed by atoms with Crippen LogP contribution in [0.5, 0.6) is 5.88 Å². The van der Waals surface area contributed by atoms with Crippen molar-refractivity contribution in [2.45, 2.75) is 45.3 Å². The zero-order chi connectivity index (χ0) is 16.7. The minimum Gasteiger partial charge on any atom is -0.481 e. The lowest BCUT2D eigenvalue weighted by Gasteiger charge is -2.35. The lowest BCUT2D eigenvalue weighted by molar-refractivity contribution is 0.167. The van der Waals surface area contributed by atoms with E-state index in [9.17, 15) is 0 Å². The van der Waals surface area contributed by atoms with Crippen LogP contribution in [0.1, 0.15) is 32.3 Å². The van der Waals surface area contributed by atoms with Gasteiger partial charge in [-0.3, -0.25) is 4.99 Å². The highest BCUT2D eigenvalue weighted by molar-refractivity contribution is 5.80. The van der Waals surface area contributed by atoms with Gasteiger partial charge < -0.3 is 20.3 Å². The molecule has 1 fully saturated rings. The quantitative estimate of drug-likeness (QED) is 0.638. The van der Waals surface area contributed by atoms with Crippen LogP contribution in [0.4, 0.5) is 0 Å². The number of nitrogens with one attached hydrogen (secondary N) is 2. The Bertz CT molecular complexity index is 509. The lowest BCUT2D eigenvalue weighted by atomic mass is 10.0. The third-order valence-electron chi connectivity index (χ3n) is 4.31. The van der Waals surface area contributed by atoms with Crippen molar-refractivity contribution >= 4 is 5.96 Å². The van der Waals surface area contributed by atoms with Crippen LogP contribution >= 0.6 is 0 Å². The third kappa shape index (κ3) is 5.10. The summed E-state index contributed by atoms with van der Waals surface area (Å²) < 4.78 is 5.28. The molecule has 1 aliphatic heterocycles. The molecule has 2 rings (SSSR count). The van der Waals surface area contributed by atoms with Crippen LogP contribution in [-0.4, -0.2) is 55.2 Å². The van der Waals surface area contributed by atoms with Gasteiger partial charge >= 0.3 is 0 Å². The van der Waals surface area contributed by atoms with Gasteiger partial charge in [0.15, 0.2) is 5.96 Å². The van der Waals surface area contributed by atoms with Gasteiger partial charge in [-0.1, -0.05) is 6.07 Å². The number of piperidine rings is 1. The van der Waals surface area contributed by atoms with Crippen LogP contribution in [0, 0.1) is 0 Å². The number of aliphatic imine (C=N–C) groups is 1. The van der Waals surface area contributed by atoms with E-state index in [2.05, 4.69) is 39.4 Å². The first-order chi connectivity index (χ1) is 11.1. The maximum Gasteiger partial charge on any atom is 0.218 e. The summed E-state index contributed by atoms with van der Waals surface area (Å²) in [5, 5.41) is 6.87. The minimum absolute atomic E-state index is 0.479. The highest BCUT2D eigenvalue weighted by Gasteiger charge is 2.21. The Morgan fingerprint density at radius 1 is 1.43 bits per heavy atom. The van der Waals surface area contributed by atoms with Crippen LogP contribution < -0.4 is 15.4 Å². The standard InChI is InChI=1S/C17H29N5O/c1-13(2)22-10-7-15(8-11-22)21-17(18-3)20-12-14-6-5-9-19-16(14)23-4/h5-6,9,13,15H,7-8,10-12H2,1-4H3,(H2,18,20,21). The van der Waals surface area contributed by atoms with Gasteiger partial charge in [-0.2, -0.15) is 0 Å². The van der Waals surface area contributed by atoms with E-state index in [1.54, 1.807) is 20.4 Å². The Kier molecular flexibility index (Phi) is 6.65. The van der Waals surface area contributed by atoms with E-state index in [4.69, 9.17) is 4.74 Å². The van der Waals surface area contributed by atoms with Gasteiger partial charge in [0.25, 0.3) is 0 Å². The summed E-state index contributed by atoms with van der Waals surface area (Å²) in [5.41, 5.74) is 1.02. The van der Waals surface area contributed by atoms with Crippen molar-refractivity contribution in [1.29, 1.82) is 0 Å². The first-order valence-corrected chi connectivity index (χ1v) is 8.33. The van der Waals surface area contributed by atoms with Gasteiger partial charge in [0.05, 0.1) is 7.11 Å². The molecule has 0 radical (unpaired) electrons. The highest BCUT2D eigenvalue weighted by atomic mass is 16.5. The molecule has 2 N–H and O–H groups in total. The number of likely N-dealkylation sites (tertiary alicyclic amines) is 1. The van der Waals surface area contributed by atoms with Crippen molar-refractivity contribution in [2.75, 3.05) is 27.2 Å². The molecule has 1 aromatic heterocycles. The monoisotopic (exact) mass is 319 g/mol. The minimum atomic E-state index is 0.479. The SMILES string of the molecule is CN=C(NCc1cccnc1OC)NC1CCN(C(C)C)CC1. The maximum atomic E-state index is 5.28. The second kappa shape index (κ2) is 8.72. The second-order valence-corrected chi connectivity index (χ2v) is 6.15. The van der Waals surface area contributed by atoms with Crippen LogP contribution in [0.25, 0.3) is 0 Å². The summed E-state index contributed by atoms with van der Waals surface area (Å²) in [7, 11) is 3.44. The van der Waals surface area contributed by atoms with Gasteiger partial charge in [0.2, 0.25) is 5.88 Å². The molecule has 0 bridgehead atoms. The van der Waals surface area contributed by atoms with Crippen molar-refractivity contribution in [3.05, 3.63) is 23.9 Å². The Morgan fingerprint density at radius 2 is 2.17 bits per heavy atom. The number of hydrogen-bond donors (Lipinski definition) is 2. The Labute approximate surface area is 139 Å². The number of rotatable bonds is 5. The van der Waals surface area contributed by atoms with Crippen molar-refractivity contribution in [1.82, 2.24) is 20.5 Å². The summed E-state index contributed by atoms with van der Waals surface area (Å²) >= 11 is 0. The first kappa shape index (κ1) is 17.5. The molecular formula is C17H29N5O. The number of hydrogen-bond acceptors (Lipinski definition) is 4. The normalized spacial score (nSPS) is 17.3. The molecule has 0 aromatic carbocycles. The predicted octanol–water partition coefficient (Wildman–Crippen LogP) is 1.63. The number of aromatic nitrogens is 1. The summed E-state index contributed by atoms with van der Waals surface area (Å²) in [6, 6.07) is 5.03. The zero-order valence-electron chi connectivity index (χ0n) is 14.7. The van der Waals surface area contributed by atoms with Crippen molar-refractivity contribution in [3.8, 4) is 5.88 Å². The van der Waals surface area contributed by atoms with E-state index >= 15 is 0 Å². The Balaban J connectivity index is 1.82. The molecule has 0 atom stereocenters. The lowest BCUT2D eigenvalue weighted by Crippen LogP contribution is -2.49. The fourth-order valence-electron chi connectivity index (χ4n) is 2.87. The molecule has 0 spiro atoms. The van der Waals surface area contributed by atoms with E-state index in [1.807, 2.05) is 12.1 Å². The third-order valence-corrected chi connectivity index (χ3v) is 4.31. The molecule has 1 saturated heterocycles. The number of methoxy groups -OCH3 is 1. The fourth-order valence-corrected chi connectivity index (χ4v) is 2.87. The first-order valence-electron chi connectivity index (χ1n) is 8.33. The molecule has 1 aliphatic rings. The molecule has 0 aliphatic carbocycles. The summed E-state index contributed by atoms with van der Waals surface area (Å²) in [5.74, 6) is 1.49. The number of pyridine rings is 1. The topological polar surface area (TPSA) is 61.8 Å². The largest absolute Gasteiger partial charge is 0.481 e. The van der Waals surface area contributed by atoms with Crippen molar-refractivity contribution in [3.63, 3.8) is 0 Å². The number of nitrogens with zero attached hydrogens (tertiary/aromatic N) is 3. The van der Waals surface area contributed by atoms with Gasteiger partial charge in [-0.15, -0.1) is 0 Å². The molecule has 6 nitrogen and oxygen atoms in total. The molecule has 0 saturated carbocycles. The Hall–Kier alpha value is -1.82. The molecule has 1 aromatic rings. The predicted molar refractivity (Wildman–Crippen MR) is 93.9 cm³/mol.